The Bertz CT molecular complexity index is 788. The Hall–Kier alpha value is -2.55. The normalized spacial score (nSPS) is 10.9. The molecular weight excluding hydrogens is 262 g/mol. The van der Waals surface area contributed by atoms with Crippen molar-refractivity contribution >= 4 is 16.9 Å². The molecule has 21 heavy (non-hydrogen) atoms. The molecule has 0 saturated heterocycles. The quantitative estimate of drug-likeness (QED) is 0.792. The van der Waals surface area contributed by atoms with Gasteiger partial charge in [-0.2, -0.15) is 0 Å². The average molecular weight is 279 g/mol. The standard InChI is InChI=1S/C18H17NO2/c1-13-11-19(12-14-5-3-2-4-6-14)17-9-15(10-18(20)21)7-8-16(13)17/h2-9,11H,10,12H2,1H3,(H,20,21). The molecule has 3 nitrogen and oxygen atoms in total. The molecule has 0 aliphatic heterocycles. The van der Waals surface area contributed by atoms with E-state index in [1.807, 2.05) is 36.4 Å². The van der Waals surface area contributed by atoms with Crippen molar-refractivity contribution in [2.24, 2.45) is 0 Å². The third kappa shape index (κ3) is 2.82. The summed E-state index contributed by atoms with van der Waals surface area (Å²) in [4.78, 5) is 10.9. The second-order valence-electron chi connectivity index (χ2n) is 5.35. The molecule has 0 aliphatic carbocycles. The van der Waals surface area contributed by atoms with E-state index in [9.17, 15) is 4.79 Å². The zero-order valence-electron chi connectivity index (χ0n) is 11.9. The maximum Gasteiger partial charge on any atom is 0.307 e. The van der Waals surface area contributed by atoms with Gasteiger partial charge in [-0.1, -0.05) is 42.5 Å². The molecule has 1 heterocycles. The molecule has 3 rings (SSSR count). The highest BCUT2D eigenvalue weighted by atomic mass is 16.4. The van der Waals surface area contributed by atoms with Crippen molar-refractivity contribution in [3.05, 3.63) is 71.4 Å². The fourth-order valence-electron chi connectivity index (χ4n) is 2.72. The van der Waals surface area contributed by atoms with E-state index >= 15 is 0 Å². The molecule has 0 bridgehead atoms. The zero-order valence-corrected chi connectivity index (χ0v) is 11.9. The highest BCUT2D eigenvalue weighted by molar-refractivity contribution is 5.85. The van der Waals surface area contributed by atoms with Crippen LogP contribution in [0.3, 0.4) is 0 Å². The van der Waals surface area contributed by atoms with Crippen LogP contribution in [-0.4, -0.2) is 15.6 Å². The van der Waals surface area contributed by atoms with Crippen molar-refractivity contribution < 1.29 is 9.90 Å². The van der Waals surface area contributed by atoms with Crippen molar-refractivity contribution in [3.8, 4) is 0 Å². The smallest absolute Gasteiger partial charge is 0.307 e. The van der Waals surface area contributed by atoms with Gasteiger partial charge < -0.3 is 9.67 Å². The van der Waals surface area contributed by atoms with E-state index in [1.54, 1.807) is 0 Å². The lowest BCUT2D eigenvalue weighted by atomic mass is 10.1. The van der Waals surface area contributed by atoms with Gasteiger partial charge in [0.25, 0.3) is 0 Å². The molecule has 3 heteroatoms. The molecule has 106 valence electrons. The van der Waals surface area contributed by atoms with E-state index in [0.29, 0.717) is 0 Å². The van der Waals surface area contributed by atoms with Crippen LogP contribution in [0.4, 0.5) is 0 Å². The third-order valence-corrected chi connectivity index (χ3v) is 3.70. The summed E-state index contributed by atoms with van der Waals surface area (Å²) in [5.74, 6) is -0.799. The lowest BCUT2D eigenvalue weighted by Crippen LogP contribution is -2.01. The van der Waals surface area contributed by atoms with Crippen molar-refractivity contribution in [1.82, 2.24) is 4.57 Å². The predicted octanol–water partition coefficient (Wildman–Crippen LogP) is 3.63. The molecule has 2 aromatic carbocycles. The second kappa shape index (κ2) is 5.44. The molecule has 0 fully saturated rings. The first kappa shape index (κ1) is 13.4. The number of hydrogen-bond donors (Lipinski definition) is 1. The Morgan fingerprint density at radius 1 is 1.10 bits per heavy atom. The number of fused-ring (bicyclic) bond motifs is 1. The van der Waals surface area contributed by atoms with Gasteiger partial charge in [-0.3, -0.25) is 4.79 Å². The summed E-state index contributed by atoms with van der Waals surface area (Å²) in [6.07, 6.45) is 2.19. The largest absolute Gasteiger partial charge is 0.481 e. The second-order valence-corrected chi connectivity index (χ2v) is 5.35. The summed E-state index contributed by atoms with van der Waals surface area (Å²) in [7, 11) is 0. The van der Waals surface area contributed by atoms with Crippen LogP contribution in [0.2, 0.25) is 0 Å². The van der Waals surface area contributed by atoms with Gasteiger partial charge >= 0.3 is 5.97 Å². The van der Waals surface area contributed by atoms with Crippen LogP contribution in [0.1, 0.15) is 16.7 Å². The highest BCUT2D eigenvalue weighted by Crippen LogP contribution is 2.23. The van der Waals surface area contributed by atoms with Gasteiger partial charge in [0.15, 0.2) is 0 Å². The molecule has 0 saturated carbocycles. The minimum atomic E-state index is -0.799. The molecule has 3 aromatic rings. The Kier molecular flexibility index (Phi) is 3.48. The number of carboxylic acid groups (broad SMARTS) is 1. The maximum atomic E-state index is 10.9. The fourth-order valence-corrected chi connectivity index (χ4v) is 2.72. The van der Waals surface area contributed by atoms with Crippen LogP contribution in [0.5, 0.6) is 0 Å². The Labute approximate surface area is 123 Å². The lowest BCUT2D eigenvalue weighted by molar-refractivity contribution is -0.136. The summed E-state index contributed by atoms with van der Waals surface area (Å²) in [5.41, 5.74) is 4.37. The first-order valence-corrected chi connectivity index (χ1v) is 6.97. The van der Waals surface area contributed by atoms with E-state index in [-0.39, 0.29) is 6.42 Å². The molecule has 0 atom stereocenters. The molecule has 1 aromatic heterocycles. The summed E-state index contributed by atoms with van der Waals surface area (Å²) >= 11 is 0. The SMILES string of the molecule is Cc1cn(Cc2ccccc2)c2cc(CC(=O)O)ccc12. The van der Waals surface area contributed by atoms with Gasteiger partial charge in [0.05, 0.1) is 6.42 Å². The van der Waals surface area contributed by atoms with Crippen molar-refractivity contribution in [3.63, 3.8) is 0 Å². The number of nitrogens with zero attached hydrogens (tertiary/aromatic N) is 1. The van der Waals surface area contributed by atoms with E-state index in [0.717, 1.165) is 17.6 Å². The molecule has 0 aliphatic rings. The minimum absolute atomic E-state index is 0.0610. The number of aliphatic carboxylic acids is 1. The van der Waals surface area contributed by atoms with Gasteiger partial charge in [0.2, 0.25) is 0 Å². The van der Waals surface area contributed by atoms with Crippen LogP contribution >= 0.6 is 0 Å². The van der Waals surface area contributed by atoms with Crippen molar-refractivity contribution in [1.29, 1.82) is 0 Å². The maximum absolute atomic E-state index is 10.9. The van der Waals surface area contributed by atoms with E-state index in [2.05, 4.69) is 29.8 Å². The number of hydrogen-bond acceptors (Lipinski definition) is 1. The average Bonchev–Trinajstić information content (AvgIpc) is 2.75. The van der Waals surface area contributed by atoms with Gasteiger partial charge in [-0.25, -0.2) is 0 Å². The summed E-state index contributed by atoms with van der Waals surface area (Å²) < 4.78 is 2.19. The van der Waals surface area contributed by atoms with E-state index in [1.165, 1.54) is 16.5 Å². The van der Waals surface area contributed by atoms with Crippen LogP contribution in [-0.2, 0) is 17.8 Å². The van der Waals surface area contributed by atoms with Crippen LogP contribution in [0.25, 0.3) is 10.9 Å². The predicted molar refractivity (Wildman–Crippen MR) is 83.6 cm³/mol. The number of aromatic nitrogens is 1. The van der Waals surface area contributed by atoms with Gasteiger partial charge in [-0.15, -0.1) is 0 Å². The fraction of sp³-hybridized carbons (Fsp3) is 0.167. The highest BCUT2D eigenvalue weighted by Gasteiger charge is 2.08. The number of aryl methyl sites for hydroxylation is 1. The molecule has 1 N–H and O–H groups in total. The first-order valence-electron chi connectivity index (χ1n) is 6.97. The lowest BCUT2D eigenvalue weighted by Gasteiger charge is -2.06. The summed E-state index contributed by atoms with van der Waals surface area (Å²) in [5, 5.41) is 10.1. The Morgan fingerprint density at radius 2 is 1.86 bits per heavy atom. The van der Waals surface area contributed by atoms with Crippen LogP contribution in [0, 0.1) is 6.92 Å². The Morgan fingerprint density at radius 3 is 2.57 bits per heavy atom. The molecule has 0 amide bonds. The van der Waals surface area contributed by atoms with Crippen molar-refractivity contribution in [2.45, 2.75) is 19.9 Å². The molecular formula is C18H17NO2. The van der Waals surface area contributed by atoms with Gasteiger partial charge in [0.1, 0.15) is 0 Å². The first-order chi connectivity index (χ1) is 10.1. The van der Waals surface area contributed by atoms with Crippen LogP contribution < -0.4 is 0 Å². The summed E-state index contributed by atoms with van der Waals surface area (Å²) in [6.45, 7) is 2.88. The zero-order chi connectivity index (χ0) is 14.8. The molecule has 0 spiro atoms. The van der Waals surface area contributed by atoms with Gasteiger partial charge in [0, 0.05) is 23.6 Å². The Balaban J connectivity index is 2.03. The molecule has 0 unspecified atom stereocenters. The third-order valence-electron chi connectivity index (χ3n) is 3.70. The van der Waals surface area contributed by atoms with Gasteiger partial charge in [-0.05, 0) is 29.7 Å². The minimum Gasteiger partial charge on any atom is -0.481 e. The van der Waals surface area contributed by atoms with E-state index in [4.69, 9.17) is 5.11 Å². The van der Waals surface area contributed by atoms with Crippen LogP contribution in [0.15, 0.2) is 54.7 Å². The number of carbonyl (C=O) groups is 1. The summed E-state index contributed by atoms with van der Waals surface area (Å²) in [6, 6.07) is 16.2. The number of carboxylic acids is 1. The monoisotopic (exact) mass is 279 g/mol. The van der Waals surface area contributed by atoms with E-state index < -0.39 is 5.97 Å². The topological polar surface area (TPSA) is 42.2 Å². The van der Waals surface area contributed by atoms with Crippen molar-refractivity contribution in [2.75, 3.05) is 0 Å². The molecule has 0 radical (unpaired) electrons. The number of rotatable bonds is 4. The number of benzene rings is 2.